The lowest BCUT2D eigenvalue weighted by Crippen LogP contribution is -2.52. The van der Waals surface area contributed by atoms with Crippen LogP contribution in [-0.2, 0) is 10.2 Å². The third-order valence-corrected chi connectivity index (χ3v) is 3.41. The van der Waals surface area contributed by atoms with Crippen LogP contribution in [0.2, 0.25) is 0 Å². The van der Waals surface area contributed by atoms with E-state index in [0.29, 0.717) is 6.54 Å². The van der Waals surface area contributed by atoms with Gasteiger partial charge in [0.15, 0.2) is 0 Å². The van der Waals surface area contributed by atoms with Gasteiger partial charge < -0.3 is 10.5 Å². The number of halogens is 1. The SMILES string of the molecule is Cc1ccc(Br)cc1C1(CN)COC1. The summed E-state index contributed by atoms with van der Waals surface area (Å²) in [7, 11) is 0. The number of hydrogen-bond donors (Lipinski definition) is 1. The van der Waals surface area contributed by atoms with Crippen LogP contribution in [0.1, 0.15) is 11.1 Å². The van der Waals surface area contributed by atoms with E-state index in [1.54, 1.807) is 0 Å². The van der Waals surface area contributed by atoms with E-state index in [9.17, 15) is 0 Å². The zero-order valence-corrected chi connectivity index (χ0v) is 9.80. The summed E-state index contributed by atoms with van der Waals surface area (Å²) in [5.41, 5.74) is 8.50. The Morgan fingerprint density at radius 3 is 2.71 bits per heavy atom. The monoisotopic (exact) mass is 255 g/mol. The van der Waals surface area contributed by atoms with Crippen molar-refractivity contribution in [3.05, 3.63) is 33.8 Å². The van der Waals surface area contributed by atoms with Gasteiger partial charge in [0.1, 0.15) is 0 Å². The Kier molecular flexibility index (Phi) is 2.64. The molecule has 1 aromatic carbocycles. The minimum absolute atomic E-state index is 0.0634. The number of benzene rings is 1. The van der Waals surface area contributed by atoms with E-state index < -0.39 is 0 Å². The molecule has 1 aliphatic rings. The van der Waals surface area contributed by atoms with Crippen molar-refractivity contribution in [1.29, 1.82) is 0 Å². The lowest BCUT2D eigenvalue weighted by atomic mass is 9.77. The van der Waals surface area contributed by atoms with Gasteiger partial charge in [0.05, 0.1) is 18.6 Å². The zero-order chi connectivity index (χ0) is 10.2. The van der Waals surface area contributed by atoms with Crippen molar-refractivity contribution in [1.82, 2.24) is 0 Å². The minimum atomic E-state index is 0.0634. The molecular formula is C11H14BrNO. The molecule has 0 saturated carbocycles. The molecule has 76 valence electrons. The maximum Gasteiger partial charge on any atom is 0.0598 e. The van der Waals surface area contributed by atoms with Crippen molar-refractivity contribution in [3.63, 3.8) is 0 Å². The highest BCUT2D eigenvalue weighted by Crippen LogP contribution is 2.34. The summed E-state index contributed by atoms with van der Waals surface area (Å²) in [5.74, 6) is 0. The zero-order valence-electron chi connectivity index (χ0n) is 8.22. The van der Waals surface area contributed by atoms with E-state index in [-0.39, 0.29) is 5.41 Å². The molecule has 0 spiro atoms. The third-order valence-electron chi connectivity index (χ3n) is 2.92. The smallest absolute Gasteiger partial charge is 0.0598 e. The van der Waals surface area contributed by atoms with Crippen LogP contribution in [0.3, 0.4) is 0 Å². The average Bonchev–Trinajstić information content (AvgIpc) is 2.10. The second-order valence-electron chi connectivity index (χ2n) is 3.94. The largest absolute Gasteiger partial charge is 0.379 e. The molecule has 0 aliphatic carbocycles. The highest BCUT2D eigenvalue weighted by atomic mass is 79.9. The van der Waals surface area contributed by atoms with Crippen molar-refractivity contribution in [3.8, 4) is 0 Å². The molecule has 1 heterocycles. The van der Waals surface area contributed by atoms with Crippen LogP contribution in [0.5, 0.6) is 0 Å². The van der Waals surface area contributed by atoms with Crippen molar-refractivity contribution in [2.45, 2.75) is 12.3 Å². The molecule has 14 heavy (non-hydrogen) atoms. The lowest BCUT2D eigenvalue weighted by molar-refractivity contribution is -0.0553. The fourth-order valence-corrected chi connectivity index (χ4v) is 2.26. The summed E-state index contributed by atoms with van der Waals surface area (Å²) in [4.78, 5) is 0. The van der Waals surface area contributed by atoms with E-state index in [4.69, 9.17) is 10.5 Å². The summed E-state index contributed by atoms with van der Waals surface area (Å²) >= 11 is 3.49. The molecule has 1 saturated heterocycles. The molecule has 1 fully saturated rings. The van der Waals surface area contributed by atoms with Crippen LogP contribution in [0.4, 0.5) is 0 Å². The van der Waals surface area contributed by atoms with Crippen LogP contribution in [0.25, 0.3) is 0 Å². The third kappa shape index (κ3) is 1.49. The Morgan fingerprint density at radius 1 is 1.50 bits per heavy atom. The van der Waals surface area contributed by atoms with Gasteiger partial charge in [-0.1, -0.05) is 22.0 Å². The molecule has 0 atom stereocenters. The first-order chi connectivity index (χ1) is 6.68. The fraction of sp³-hybridized carbons (Fsp3) is 0.455. The summed E-state index contributed by atoms with van der Waals surface area (Å²) in [6, 6.07) is 6.34. The van der Waals surface area contributed by atoms with E-state index in [2.05, 4.69) is 41.1 Å². The molecule has 0 bridgehead atoms. The predicted molar refractivity (Wildman–Crippen MR) is 60.4 cm³/mol. The van der Waals surface area contributed by atoms with Gasteiger partial charge in [-0.05, 0) is 30.2 Å². The summed E-state index contributed by atoms with van der Waals surface area (Å²) in [6.07, 6.45) is 0. The Hall–Kier alpha value is -0.380. The van der Waals surface area contributed by atoms with Gasteiger partial charge in [-0.25, -0.2) is 0 Å². The molecule has 3 heteroatoms. The first-order valence-corrected chi connectivity index (χ1v) is 5.52. The Morgan fingerprint density at radius 2 is 2.21 bits per heavy atom. The van der Waals surface area contributed by atoms with Gasteiger partial charge in [-0.3, -0.25) is 0 Å². The molecular weight excluding hydrogens is 242 g/mol. The van der Waals surface area contributed by atoms with Crippen molar-refractivity contribution >= 4 is 15.9 Å². The molecule has 0 amide bonds. The molecule has 0 aromatic heterocycles. The molecule has 2 rings (SSSR count). The maximum absolute atomic E-state index is 5.82. The normalized spacial score (nSPS) is 19.1. The molecule has 2 nitrogen and oxygen atoms in total. The predicted octanol–water partition coefficient (Wildman–Crippen LogP) is 1.98. The quantitative estimate of drug-likeness (QED) is 0.878. The number of rotatable bonds is 2. The summed E-state index contributed by atoms with van der Waals surface area (Å²) in [6.45, 7) is 4.28. The molecule has 0 unspecified atom stereocenters. The van der Waals surface area contributed by atoms with E-state index in [1.807, 2.05) is 0 Å². The molecule has 2 N–H and O–H groups in total. The number of aryl methyl sites for hydroxylation is 1. The number of ether oxygens (including phenoxy) is 1. The van der Waals surface area contributed by atoms with Gasteiger partial charge in [-0.15, -0.1) is 0 Å². The van der Waals surface area contributed by atoms with Gasteiger partial charge in [0, 0.05) is 11.0 Å². The lowest BCUT2D eigenvalue weighted by Gasteiger charge is -2.42. The Balaban J connectivity index is 2.43. The van der Waals surface area contributed by atoms with Crippen LogP contribution in [-0.4, -0.2) is 19.8 Å². The van der Waals surface area contributed by atoms with Gasteiger partial charge >= 0.3 is 0 Å². The van der Waals surface area contributed by atoms with Gasteiger partial charge in [0.2, 0.25) is 0 Å². The first kappa shape index (κ1) is 10.1. The van der Waals surface area contributed by atoms with Crippen molar-refractivity contribution in [2.24, 2.45) is 5.73 Å². The standard InChI is InChI=1S/C11H14BrNO/c1-8-2-3-9(12)4-10(8)11(5-13)6-14-7-11/h2-4H,5-7,13H2,1H3. The van der Waals surface area contributed by atoms with Crippen molar-refractivity contribution in [2.75, 3.05) is 19.8 Å². The number of hydrogen-bond acceptors (Lipinski definition) is 2. The highest BCUT2D eigenvalue weighted by molar-refractivity contribution is 9.10. The summed E-state index contributed by atoms with van der Waals surface area (Å²) in [5, 5.41) is 0. The number of nitrogens with two attached hydrogens (primary N) is 1. The van der Waals surface area contributed by atoms with E-state index in [0.717, 1.165) is 17.7 Å². The topological polar surface area (TPSA) is 35.2 Å². The molecule has 1 aromatic rings. The second-order valence-corrected chi connectivity index (χ2v) is 4.85. The Labute approximate surface area is 92.6 Å². The van der Waals surface area contributed by atoms with Gasteiger partial charge in [-0.2, -0.15) is 0 Å². The van der Waals surface area contributed by atoms with Crippen LogP contribution >= 0.6 is 15.9 Å². The van der Waals surface area contributed by atoms with Gasteiger partial charge in [0.25, 0.3) is 0 Å². The van der Waals surface area contributed by atoms with E-state index in [1.165, 1.54) is 11.1 Å². The molecule has 1 aliphatic heterocycles. The van der Waals surface area contributed by atoms with E-state index >= 15 is 0 Å². The Bertz CT molecular complexity index is 342. The highest BCUT2D eigenvalue weighted by Gasteiger charge is 2.39. The van der Waals surface area contributed by atoms with Crippen molar-refractivity contribution < 1.29 is 4.74 Å². The first-order valence-electron chi connectivity index (χ1n) is 4.72. The second kappa shape index (κ2) is 3.65. The maximum atomic E-state index is 5.82. The minimum Gasteiger partial charge on any atom is -0.379 e. The van der Waals surface area contributed by atoms with Crippen LogP contribution in [0, 0.1) is 6.92 Å². The van der Waals surface area contributed by atoms with Crippen LogP contribution in [0.15, 0.2) is 22.7 Å². The van der Waals surface area contributed by atoms with Crippen LogP contribution < -0.4 is 5.73 Å². The average molecular weight is 256 g/mol. The molecule has 0 radical (unpaired) electrons. The summed E-state index contributed by atoms with van der Waals surface area (Å²) < 4.78 is 6.39. The fourth-order valence-electron chi connectivity index (χ4n) is 1.90.